The van der Waals surface area contributed by atoms with Gasteiger partial charge in [-0.15, -0.1) is 0 Å². The highest BCUT2D eigenvalue weighted by atomic mass is 16.2. The van der Waals surface area contributed by atoms with E-state index in [4.69, 9.17) is 0 Å². The maximum atomic E-state index is 13.1. The smallest absolute Gasteiger partial charge is 0.272 e. The van der Waals surface area contributed by atoms with E-state index in [-0.39, 0.29) is 17.7 Å². The average molecular weight is 469 g/mol. The standard InChI is InChI=1S/C25H24N8O2/c1-31-20(23(34)32-13-16-4-7-27-12-17(16)14-32)11-22(30-31)29-21-10-19(5-8-28-21)33-9-6-25(15-26,24(33)35)18-2-3-18/h4-5,7-8,10-12,18H,2-3,6,9,13-14H2,1H3,(H,28,29,30)/t25-/m1/s1. The molecule has 2 amide bonds. The van der Waals surface area contributed by atoms with Crippen molar-refractivity contribution in [3.05, 3.63) is 59.7 Å². The number of fused-ring (bicyclic) bond motifs is 1. The van der Waals surface area contributed by atoms with Crippen LogP contribution >= 0.6 is 0 Å². The van der Waals surface area contributed by atoms with Gasteiger partial charge in [-0.05, 0) is 48.4 Å². The van der Waals surface area contributed by atoms with Gasteiger partial charge in [-0.3, -0.25) is 19.3 Å². The zero-order chi connectivity index (χ0) is 24.2. The summed E-state index contributed by atoms with van der Waals surface area (Å²) in [4.78, 5) is 38.2. The van der Waals surface area contributed by atoms with E-state index in [0.717, 1.165) is 24.0 Å². The Kier molecular flexibility index (Phi) is 4.81. The minimum absolute atomic E-state index is 0.110. The molecule has 0 bridgehead atoms. The number of nitrogens with zero attached hydrogens (tertiary/aromatic N) is 7. The van der Waals surface area contributed by atoms with Crippen LogP contribution in [-0.2, 0) is 24.9 Å². The lowest BCUT2D eigenvalue weighted by Crippen LogP contribution is -2.35. The number of carbonyl (C=O) groups excluding carboxylic acids is 2. The number of hydrogen-bond donors (Lipinski definition) is 1. The minimum Gasteiger partial charge on any atom is -0.329 e. The van der Waals surface area contributed by atoms with E-state index < -0.39 is 5.41 Å². The fourth-order valence-corrected chi connectivity index (χ4v) is 5.17. The fourth-order valence-electron chi connectivity index (χ4n) is 5.17. The van der Waals surface area contributed by atoms with Gasteiger partial charge >= 0.3 is 0 Å². The van der Waals surface area contributed by atoms with Crippen molar-refractivity contribution < 1.29 is 9.59 Å². The van der Waals surface area contributed by atoms with Crippen molar-refractivity contribution in [1.29, 1.82) is 5.26 Å². The summed E-state index contributed by atoms with van der Waals surface area (Å²) in [5.74, 6) is 0.936. The van der Waals surface area contributed by atoms with Crippen LogP contribution in [-0.4, -0.2) is 43.0 Å². The van der Waals surface area contributed by atoms with E-state index in [1.807, 2.05) is 6.07 Å². The van der Waals surface area contributed by atoms with Gasteiger partial charge in [0.1, 0.15) is 16.9 Å². The first kappa shape index (κ1) is 21.3. The lowest BCUT2D eigenvalue weighted by atomic mass is 9.83. The summed E-state index contributed by atoms with van der Waals surface area (Å²) < 4.78 is 1.55. The third-order valence-corrected chi connectivity index (χ3v) is 7.25. The van der Waals surface area contributed by atoms with Crippen molar-refractivity contribution in [2.75, 3.05) is 16.8 Å². The molecule has 1 saturated heterocycles. The first-order valence-corrected chi connectivity index (χ1v) is 11.7. The number of amides is 2. The van der Waals surface area contributed by atoms with Crippen molar-refractivity contribution in [1.82, 2.24) is 24.6 Å². The number of nitriles is 1. The molecule has 0 aromatic carbocycles. The third kappa shape index (κ3) is 3.51. The van der Waals surface area contributed by atoms with Crippen molar-refractivity contribution in [2.45, 2.75) is 32.4 Å². The van der Waals surface area contributed by atoms with Crippen LogP contribution in [0.3, 0.4) is 0 Å². The second-order valence-corrected chi connectivity index (χ2v) is 9.43. The lowest BCUT2D eigenvalue weighted by molar-refractivity contribution is -0.123. The molecule has 3 aromatic rings. The molecule has 0 spiro atoms. The van der Waals surface area contributed by atoms with Gasteiger partial charge in [0, 0.05) is 63.1 Å². The second-order valence-electron chi connectivity index (χ2n) is 9.43. The number of hydrogen-bond acceptors (Lipinski definition) is 7. The molecule has 0 radical (unpaired) electrons. The van der Waals surface area contributed by atoms with E-state index in [2.05, 4.69) is 26.5 Å². The molecule has 3 aliphatic rings. The molecule has 5 heterocycles. The normalized spacial score (nSPS) is 21.2. The van der Waals surface area contributed by atoms with Crippen molar-refractivity contribution in [3.63, 3.8) is 0 Å². The summed E-state index contributed by atoms with van der Waals surface area (Å²) in [6.07, 6.45) is 7.60. The predicted molar refractivity (Wildman–Crippen MR) is 126 cm³/mol. The Hall–Kier alpha value is -4.26. The molecule has 176 valence electrons. The van der Waals surface area contributed by atoms with Gasteiger partial charge in [0.05, 0.1) is 6.07 Å². The maximum absolute atomic E-state index is 13.1. The lowest BCUT2D eigenvalue weighted by Gasteiger charge is -2.21. The highest BCUT2D eigenvalue weighted by Crippen LogP contribution is 2.51. The number of nitrogens with one attached hydrogen (secondary N) is 1. The Morgan fingerprint density at radius 1 is 1.17 bits per heavy atom. The highest BCUT2D eigenvalue weighted by molar-refractivity contribution is 6.02. The first-order chi connectivity index (χ1) is 17.0. The molecular weight excluding hydrogens is 444 g/mol. The van der Waals surface area contributed by atoms with Crippen LogP contribution in [0.2, 0.25) is 0 Å². The van der Waals surface area contributed by atoms with E-state index in [1.165, 1.54) is 0 Å². The monoisotopic (exact) mass is 468 g/mol. The van der Waals surface area contributed by atoms with E-state index in [0.29, 0.717) is 49.1 Å². The molecule has 35 heavy (non-hydrogen) atoms. The first-order valence-electron chi connectivity index (χ1n) is 11.7. The van der Waals surface area contributed by atoms with Gasteiger partial charge in [0.2, 0.25) is 5.91 Å². The Bertz CT molecular complexity index is 1360. The van der Waals surface area contributed by atoms with Gasteiger partial charge in [-0.2, -0.15) is 10.4 Å². The summed E-state index contributed by atoms with van der Waals surface area (Å²) >= 11 is 0. The van der Waals surface area contributed by atoms with Crippen LogP contribution in [0.15, 0.2) is 42.9 Å². The van der Waals surface area contributed by atoms with Gasteiger partial charge in [0.15, 0.2) is 5.82 Å². The Morgan fingerprint density at radius 3 is 2.77 bits per heavy atom. The zero-order valence-corrected chi connectivity index (χ0v) is 19.3. The number of aromatic nitrogens is 4. The molecule has 6 rings (SSSR count). The van der Waals surface area contributed by atoms with Crippen molar-refractivity contribution >= 4 is 29.1 Å². The largest absolute Gasteiger partial charge is 0.329 e. The van der Waals surface area contributed by atoms with Crippen LogP contribution in [0.1, 0.15) is 40.9 Å². The van der Waals surface area contributed by atoms with Gasteiger partial charge < -0.3 is 15.1 Å². The SMILES string of the molecule is Cn1nc(Nc2cc(N3CC[C@@](C#N)(C4CC4)C3=O)ccn2)cc1C(=O)N1Cc2ccncc2C1. The number of aryl methyl sites for hydroxylation is 1. The molecule has 1 aliphatic carbocycles. The molecule has 10 heteroatoms. The number of carbonyl (C=O) groups is 2. The molecule has 2 fully saturated rings. The van der Waals surface area contributed by atoms with Crippen LogP contribution < -0.4 is 10.2 Å². The quantitative estimate of drug-likeness (QED) is 0.611. The minimum atomic E-state index is -0.890. The summed E-state index contributed by atoms with van der Waals surface area (Å²) in [6, 6.07) is 9.51. The number of pyridine rings is 2. The molecule has 1 saturated carbocycles. The summed E-state index contributed by atoms with van der Waals surface area (Å²) in [5, 5.41) is 17.3. The van der Waals surface area contributed by atoms with Crippen LogP contribution in [0.5, 0.6) is 0 Å². The van der Waals surface area contributed by atoms with Crippen molar-refractivity contribution in [2.24, 2.45) is 18.4 Å². The van der Waals surface area contributed by atoms with E-state index in [9.17, 15) is 14.9 Å². The highest BCUT2D eigenvalue weighted by Gasteiger charge is 2.56. The number of anilines is 3. The Labute approximate surface area is 202 Å². The van der Waals surface area contributed by atoms with E-state index in [1.54, 1.807) is 58.3 Å². The van der Waals surface area contributed by atoms with Crippen molar-refractivity contribution in [3.8, 4) is 6.07 Å². The predicted octanol–water partition coefficient (Wildman–Crippen LogP) is 2.77. The third-order valence-electron chi connectivity index (χ3n) is 7.25. The van der Waals surface area contributed by atoms with Gasteiger partial charge in [0.25, 0.3) is 5.91 Å². The van der Waals surface area contributed by atoms with E-state index >= 15 is 0 Å². The molecule has 1 N–H and O–H groups in total. The molecule has 1 atom stereocenters. The zero-order valence-electron chi connectivity index (χ0n) is 19.3. The summed E-state index contributed by atoms with van der Waals surface area (Å²) in [6.45, 7) is 1.58. The van der Waals surface area contributed by atoms with Gasteiger partial charge in [-0.25, -0.2) is 4.98 Å². The average Bonchev–Trinajstić information content (AvgIpc) is 3.39. The second kappa shape index (κ2) is 7.91. The molecule has 10 nitrogen and oxygen atoms in total. The fraction of sp³-hybridized carbons (Fsp3) is 0.360. The summed E-state index contributed by atoms with van der Waals surface area (Å²) in [7, 11) is 1.73. The Morgan fingerprint density at radius 2 is 2.00 bits per heavy atom. The van der Waals surface area contributed by atoms with Gasteiger partial charge in [-0.1, -0.05) is 0 Å². The van der Waals surface area contributed by atoms with Crippen LogP contribution in [0.4, 0.5) is 17.3 Å². The summed E-state index contributed by atoms with van der Waals surface area (Å²) in [5.41, 5.74) is 2.43. The number of rotatable bonds is 5. The van der Waals surface area contributed by atoms with Crippen LogP contribution in [0, 0.1) is 22.7 Å². The molecular formula is C25H24N8O2. The maximum Gasteiger partial charge on any atom is 0.272 e. The molecule has 2 aliphatic heterocycles. The van der Waals surface area contributed by atoms with Crippen LogP contribution in [0.25, 0.3) is 0 Å². The molecule has 0 unspecified atom stereocenters. The Balaban J connectivity index is 1.18. The molecule has 3 aromatic heterocycles. The topological polar surface area (TPSA) is 120 Å².